The zero-order chi connectivity index (χ0) is 27.8. The summed E-state index contributed by atoms with van der Waals surface area (Å²) >= 11 is 0. The van der Waals surface area contributed by atoms with E-state index in [-0.39, 0.29) is 10.8 Å². The maximum absolute atomic E-state index is 3.74. The smallest absolute Gasteiger partial charge is 0.210 e. The van der Waals surface area contributed by atoms with Gasteiger partial charge in [-0.25, -0.2) is 0 Å². The quantitative estimate of drug-likeness (QED) is 0.192. The van der Waals surface area contributed by atoms with E-state index in [0.717, 1.165) is 0 Å². The van der Waals surface area contributed by atoms with Crippen molar-refractivity contribution in [2.24, 2.45) is 0 Å². The van der Waals surface area contributed by atoms with E-state index in [2.05, 4.69) is 168 Å². The van der Waals surface area contributed by atoms with Crippen LogP contribution in [-0.4, -0.2) is 23.4 Å². The van der Waals surface area contributed by atoms with Crippen molar-refractivity contribution in [3.05, 3.63) is 126 Å². The molecule has 0 aromatic heterocycles. The molecule has 0 unspecified atom stereocenters. The highest BCUT2D eigenvalue weighted by Crippen LogP contribution is 2.43. The fourth-order valence-corrected chi connectivity index (χ4v) is 6.22. The Hall–Kier alpha value is -3.91. The topological polar surface area (TPSA) is 15.0 Å². The van der Waals surface area contributed by atoms with Crippen molar-refractivity contribution in [3.8, 4) is 0 Å². The molecule has 0 bridgehead atoms. The van der Waals surface area contributed by atoms with Gasteiger partial charge in [-0.15, -0.1) is 0 Å². The van der Waals surface area contributed by atoms with Crippen LogP contribution in [-0.2, 0) is 10.8 Å². The van der Waals surface area contributed by atoms with Crippen LogP contribution in [0, 0.1) is 0 Å². The van der Waals surface area contributed by atoms with Gasteiger partial charge in [0.05, 0.1) is 5.41 Å². The molecule has 0 aliphatic carbocycles. The van der Waals surface area contributed by atoms with Crippen LogP contribution >= 0.6 is 0 Å². The van der Waals surface area contributed by atoms with Gasteiger partial charge in [0, 0.05) is 34.9 Å². The van der Waals surface area contributed by atoms with E-state index in [9.17, 15) is 0 Å². The molecule has 0 amide bonds. The molecule has 0 spiro atoms. The molecule has 1 N–H and O–H groups in total. The summed E-state index contributed by atoms with van der Waals surface area (Å²) in [5.41, 5.74) is 6.30. The molecule has 2 heteroatoms. The minimum Gasteiger partial charge on any atom is -0.385 e. The first-order valence-electron chi connectivity index (χ1n) is 14.1. The number of benzene rings is 4. The number of hydrogen-bond acceptors (Lipinski definition) is 1. The zero-order valence-corrected chi connectivity index (χ0v) is 24.4. The molecule has 1 aliphatic rings. The third-order valence-corrected chi connectivity index (χ3v) is 8.21. The second-order valence-corrected chi connectivity index (χ2v) is 12.0. The first-order valence-corrected chi connectivity index (χ1v) is 14.1. The van der Waals surface area contributed by atoms with Gasteiger partial charge in [0.25, 0.3) is 0 Å². The van der Waals surface area contributed by atoms with Crippen LogP contribution in [0.4, 0.5) is 5.69 Å². The van der Waals surface area contributed by atoms with E-state index in [4.69, 9.17) is 0 Å². The number of nitrogens with one attached hydrogen (secondary N) is 1. The van der Waals surface area contributed by atoms with Gasteiger partial charge >= 0.3 is 0 Å². The lowest BCUT2D eigenvalue weighted by molar-refractivity contribution is -0.401. The average Bonchev–Trinajstić information content (AvgIpc) is 3.11. The lowest BCUT2D eigenvalue weighted by Crippen LogP contribution is -2.34. The molecule has 198 valence electrons. The standard InChI is InChI=1S/C37H40N2/c1-26(2)38-33(36(3,4)31-21-15-18-27-16-11-13-19-29(27)31)22-9-8-10-23-34-37(5,6)35-30-20-14-12-17-28(30)24-25-32(35)39(34)7/h8-26H,1-7H3/p+1. The molecule has 5 rings (SSSR count). The Balaban J connectivity index is 1.45. The van der Waals surface area contributed by atoms with Crippen LogP contribution < -0.4 is 5.32 Å². The van der Waals surface area contributed by atoms with Gasteiger partial charge in [-0.1, -0.05) is 98.8 Å². The predicted molar refractivity (Wildman–Crippen MR) is 169 cm³/mol. The van der Waals surface area contributed by atoms with Crippen molar-refractivity contribution < 1.29 is 4.58 Å². The number of hydrogen-bond donors (Lipinski definition) is 1. The molecule has 0 radical (unpaired) electrons. The molecule has 2 nitrogen and oxygen atoms in total. The fraction of sp³-hybridized carbons (Fsp3) is 0.270. The summed E-state index contributed by atoms with van der Waals surface area (Å²) in [6.07, 6.45) is 11.0. The fourth-order valence-electron chi connectivity index (χ4n) is 6.22. The average molecular weight is 514 g/mol. The predicted octanol–water partition coefficient (Wildman–Crippen LogP) is 8.97. The van der Waals surface area contributed by atoms with Gasteiger partial charge in [0.15, 0.2) is 5.71 Å². The van der Waals surface area contributed by atoms with Gasteiger partial charge in [0.1, 0.15) is 7.05 Å². The highest BCUT2D eigenvalue weighted by atomic mass is 15.0. The lowest BCUT2D eigenvalue weighted by atomic mass is 9.78. The Labute approximate surface area is 234 Å². The third kappa shape index (κ3) is 4.85. The molecule has 0 saturated carbocycles. The van der Waals surface area contributed by atoms with Crippen molar-refractivity contribution in [2.45, 2.75) is 58.4 Å². The van der Waals surface area contributed by atoms with Crippen LogP contribution in [0.1, 0.15) is 52.7 Å². The Morgan fingerprint density at radius 3 is 2.15 bits per heavy atom. The highest BCUT2D eigenvalue weighted by molar-refractivity contribution is 6.07. The minimum absolute atomic E-state index is 0.0775. The normalized spacial score (nSPS) is 15.8. The molecule has 1 aliphatic heterocycles. The molecular weight excluding hydrogens is 472 g/mol. The van der Waals surface area contributed by atoms with E-state index in [1.165, 1.54) is 49.8 Å². The van der Waals surface area contributed by atoms with Gasteiger partial charge < -0.3 is 5.32 Å². The second kappa shape index (κ2) is 10.3. The van der Waals surface area contributed by atoms with Crippen molar-refractivity contribution in [1.82, 2.24) is 5.32 Å². The molecular formula is C37H41N2+. The number of fused-ring (bicyclic) bond motifs is 4. The maximum atomic E-state index is 3.74. The van der Waals surface area contributed by atoms with Crippen LogP contribution in [0.25, 0.3) is 21.5 Å². The molecule has 0 saturated heterocycles. The van der Waals surface area contributed by atoms with Gasteiger partial charge in [0.2, 0.25) is 5.69 Å². The number of allylic oxidation sites excluding steroid dienone is 6. The van der Waals surface area contributed by atoms with Gasteiger partial charge in [-0.05, 0) is 66.9 Å². The van der Waals surface area contributed by atoms with E-state index < -0.39 is 0 Å². The zero-order valence-electron chi connectivity index (χ0n) is 24.4. The number of nitrogens with zero attached hydrogens (tertiary/aromatic N) is 1. The van der Waals surface area contributed by atoms with Crippen LogP contribution in [0.15, 0.2) is 115 Å². The first kappa shape index (κ1) is 26.7. The molecule has 4 aromatic carbocycles. The molecule has 1 heterocycles. The summed E-state index contributed by atoms with van der Waals surface area (Å²) in [6, 6.07) is 28.8. The summed E-state index contributed by atoms with van der Waals surface area (Å²) in [4.78, 5) is 0. The van der Waals surface area contributed by atoms with E-state index >= 15 is 0 Å². The van der Waals surface area contributed by atoms with E-state index in [1.807, 2.05) is 0 Å². The van der Waals surface area contributed by atoms with Gasteiger partial charge in [-0.3, -0.25) is 0 Å². The van der Waals surface area contributed by atoms with E-state index in [0.29, 0.717) is 6.04 Å². The largest absolute Gasteiger partial charge is 0.385 e. The van der Waals surface area contributed by atoms with Gasteiger partial charge in [-0.2, -0.15) is 4.58 Å². The molecule has 4 aromatic rings. The second-order valence-electron chi connectivity index (χ2n) is 12.0. The third-order valence-electron chi connectivity index (χ3n) is 8.21. The Bertz CT molecular complexity index is 1650. The highest BCUT2D eigenvalue weighted by Gasteiger charge is 2.44. The summed E-state index contributed by atoms with van der Waals surface area (Å²) in [5.74, 6) is 0. The maximum Gasteiger partial charge on any atom is 0.210 e. The van der Waals surface area contributed by atoms with Crippen LogP contribution in [0.5, 0.6) is 0 Å². The molecule has 0 atom stereocenters. The summed E-state index contributed by atoms with van der Waals surface area (Å²) in [5, 5.41) is 8.96. The van der Waals surface area contributed by atoms with Crippen molar-refractivity contribution >= 4 is 32.9 Å². The summed E-state index contributed by atoms with van der Waals surface area (Å²) in [6.45, 7) is 13.7. The SMILES string of the molecule is CC(C)N/C(=C/C=C/C=C/C1=[N+](C)c2ccc3ccccc3c2C1(C)C)C(C)(C)c1cccc2ccccc12. The van der Waals surface area contributed by atoms with Crippen molar-refractivity contribution in [2.75, 3.05) is 7.05 Å². The summed E-state index contributed by atoms with van der Waals surface area (Å²) < 4.78 is 2.34. The van der Waals surface area contributed by atoms with Crippen molar-refractivity contribution in [1.29, 1.82) is 0 Å². The van der Waals surface area contributed by atoms with E-state index in [1.54, 1.807) is 0 Å². The monoisotopic (exact) mass is 513 g/mol. The molecule has 0 fully saturated rings. The molecule has 39 heavy (non-hydrogen) atoms. The minimum atomic E-state index is -0.176. The summed E-state index contributed by atoms with van der Waals surface area (Å²) in [7, 11) is 2.18. The van der Waals surface area contributed by atoms with Crippen LogP contribution in [0.2, 0.25) is 0 Å². The first-order chi connectivity index (χ1) is 18.6. The Morgan fingerprint density at radius 1 is 0.795 bits per heavy atom. The lowest BCUT2D eigenvalue weighted by Gasteiger charge is -2.32. The van der Waals surface area contributed by atoms with Crippen LogP contribution in [0.3, 0.4) is 0 Å². The Morgan fingerprint density at radius 2 is 1.44 bits per heavy atom. The Kier molecular flexibility index (Phi) is 7.07. The van der Waals surface area contributed by atoms with Crippen molar-refractivity contribution in [3.63, 3.8) is 0 Å². The number of rotatable bonds is 7.